The van der Waals surface area contributed by atoms with Crippen molar-refractivity contribution in [3.05, 3.63) is 0 Å². The summed E-state index contributed by atoms with van der Waals surface area (Å²) in [5.74, 6) is 6.31. The van der Waals surface area contributed by atoms with E-state index in [2.05, 4.69) is 22.4 Å². The molecule has 0 amide bonds. The van der Waals surface area contributed by atoms with Crippen LogP contribution >= 0.6 is 0 Å². The minimum atomic E-state index is 0.536. The summed E-state index contributed by atoms with van der Waals surface area (Å²) in [4.78, 5) is 6.70. The second-order valence-electron chi connectivity index (χ2n) is 4.02. The maximum absolute atomic E-state index is 5.44. The predicted molar refractivity (Wildman–Crippen MR) is 53.2 cm³/mol. The molecule has 0 bridgehead atoms. The number of hydrogen-bond acceptors (Lipinski definition) is 2. The summed E-state index contributed by atoms with van der Waals surface area (Å²) in [6.07, 6.45) is 6.35. The average molecular weight is 182 g/mol. The highest BCUT2D eigenvalue weighted by Crippen LogP contribution is 2.26. The molecule has 2 rings (SSSR count). The number of nitrogens with one attached hydrogen (secondary N) is 1. The van der Waals surface area contributed by atoms with Crippen LogP contribution in [0.1, 0.15) is 32.1 Å². The number of guanidine groups is 1. The van der Waals surface area contributed by atoms with Crippen LogP contribution in [0.15, 0.2) is 4.99 Å². The molecule has 0 unspecified atom stereocenters. The third-order valence-corrected chi connectivity index (χ3v) is 2.94. The molecule has 0 aromatic rings. The highest BCUT2D eigenvalue weighted by Gasteiger charge is 2.27. The lowest BCUT2D eigenvalue weighted by atomic mass is 9.92. The van der Waals surface area contributed by atoms with Crippen LogP contribution in [0.5, 0.6) is 0 Å². The van der Waals surface area contributed by atoms with E-state index in [0.29, 0.717) is 12.1 Å². The fourth-order valence-electron chi connectivity index (χ4n) is 1.55. The molecule has 0 saturated heterocycles. The van der Waals surface area contributed by atoms with E-state index in [1.165, 1.54) is 32.1 Å². The van der Waals surface area contributed by atoms with E-state index in [0.717, 1.165) is 5.96 Å². The van der Waals surface area contributed by atoms with Crippen LogP contribution in [0.2, 0.25) is 0 Å². The minimum Gasteiger partial charge on any atom is -0.342 e. The highest BCUT2D eigenvalue weighted by atomic mass is 15.4. The number of nitrogens with zero attached hydrogens (tertiary/aromatic N) is 2. The fourth-order valence-corrected chi connectivity index (χ4v) is 1.55. The van der Waals surface area contributed by atoms with Gasteiger partial charge in [0.1, 0.15) is 0 Å². The van der Waals surface area contributed by atoms with Crippen LogP contribution in [0.3, 0.4) is 0 Å². The maximum Gasteiger partial charge on any atom is 0.208 e. The monoisotopic (exact) mass is 182 g/mol. The molecule has 2 saturated carbocycles. The van der Waals surface area contributed by atoms with Gasteiger partial charge in [-0.2, -0.15) is 0 Å². The van der Waals surface area contributed by atoms with Gasteiger partial charge in [-0.05, 0) is 32.1 Å². The van der Waals surface area contributed by atoms with Gasteiger partial charge < -0.3 is 4.90 Å². The highest BCUT2D eigenvalue weighted by molar-refractivity contribution is 5.79. The predicted octanol–water partition coefficient (Wildman–Crippen LogP) is 0.452. The van der Waals surface area contributed by atoms with Crippen molar-refractivity contribution in [1.29, 1.82) is 0 Å². The zero-order valence-electron chi connectivity index (χ0n) is 8.16. The summed E-state index contributed by atoms with van der Waals surface area (Å²) in [7, 11) is 2.07. The molecule has 0 radical (unpaired) electrons. The number of aliphatic imine (C=N–C) groups is 1. The second kappa shape index (κ2) is 3.54. The standard InChI is InChI=1S/C9H18N4/c1-13(8-3-2-4-8)9(12-10)11-7-5-6-7/h7-8H,2-6,10H2,1H3,(H,11,12). The van der Waals surface area contributed by atoms with E-state index in [9.17, 15) is 0 Å². The summed E-state index contributed by atoms with van der Waals surface area (Å²) >= 11 is 0. The van der Waals surface area contributed by atoms with Crippen molar-refractivity contribution in [2.24, 2.45) is 10.8 Å². The van der Waals surface area contributed by atoms with Gasteiger partial charge in [-0.3, -0.25) is 5.43 Å². The lowest BCUT2D eigenvalue weighted by Gasteiger charge is -2.36. The van der Waals surface area contributed by atoms with Crippen molar-refractivity contribution >= 4 is 5.96 Å². The van der Waals surface area contributed by atoms with Crippen molar-refractivity contribution in [3.8, 4) is 0 Å². The van der Waals surface area contributed by atoms with E-state index in [1.54, 1.807) is 0 Å². The number of nitrogens with two attached hydrogens (primary N) is 1. The van der Waals surface area contributed by atoms with Crippen molar-refractivity contribution in [2.75, 3.05) is 7.05 Å². The van der Waals surface area contributed by atoms with Gasteiger partial charge in [0, 0.05) is 13.1 Å². The quantitative estimate of drug-likeness (QED) is 0.282. The normalized spacial score (nSPS) is 24.0. The topological polar surface area (TPSA) is 53.6 Å². The van der Waals surface area contributed by atoms with E-state index < -0.39 is 0 Å². The van der Waals surface area contributed by atoms with Crippen molar-refractivity contribution in [1.82, 2.24) is 10.3 Å². The summed E-state index contributed by atoms with van der Waals surface area (Å²) < 4.78 is 0. The zero-order valence-corrected chi connectivity index (χ0v) is 8.16. The fraction of sp³-hybridized carbons (Fsp3) is 0.889. The molecule has 4 heteroatoms. The van der Waals surface area contributed by atoms with Crippen LogP contribution in [-0.4, -0.2) is 30.0 Å². The Labute approximate surface area is 79.2 Å². The molecular formula is C9H18N4. The van der Waals surface area contributed by atoms with Gasteiger partial charge in [0.25, 0.3) is 0 Å². The molecule has 0 atom stereocenters. The van der Waals surface area contributed by atoms with Gasteiger partial charge in [-0.15, -0.1) is 0 Å². The average Bonchev–Trinajstić information content (AvgIpc) is 2.79. The van der Waals surface area contributed by atoms with Gasteiger partial charge in [0.2, 0.25) is 5.96 Å². The second-order valence-corrected chi connectivity index (χ2v) is 4.02. The molecule has 0 aromatic heterocycles. The Bertz CT molecular complexity index is 206. The van der Waals surface area contributed by atoms with E-state index in [-0.39, 0.29) is 0 Å². The first-order valence-electron chi connectivity index (χ1n) is 5.08. The van der Waals surface area contributed by atoms with Crippen LogP contribution in [0, 0.1) is 0 Å². The van der Waals surface area contributed by atoms with Crippen LogP contribution in [0.4, 0.5) is 0 Å². The third-order valence-electron chi connectivity index (χ3n) is 2.94. The molecular weight excluding hydrogens is 164 g/mol. The van der Waals surface area contributed by atoms with Gasteiger partial charge in [-0.1, -0.05) is 0 Å². The first kappa shape index (κ1) is 8.81. The van der Waals surface area contributed by atoms with Crippen molar-refractivity contribution in [2.45, 2.75) is 44.2 Å². The van der Waals surface area contributed by atoms with Crippen molar-refractivity contribution < 1.29 is 0 Å². The van der Waals surface area contributed by atoms with Crippen molar-refractivity contribution in [3.63, 3.8) is 0 Å². The maximum atomic E-state index is 5.44. The summed E-state index contributed by atoms with van der Waals surface area (Å²) in [6, 6.07) is 1.20. The Morgan fingerprint density at radius 3 is 2.46 bits per heavy atom. The number of rotatable bonds is 2. The molecule has 74 valence electrons. The van der Waals surface area contributed by atoms with Gasteiger partial charge in [0.05, 0.1) is 6.04 Å². The molecule has 0 spiro atoms. The zero-order chi connectivity index (χ0) is 9.26. The molecule has 0 heterocycles. The number of hydrogen-bond donors (Lipinski definition) is 2. The van der Waals surface area contributed by atoms with Gasteiger partial charge in [0.15, 0.2) is 0 Å². The molecule has 4 nitrogen and oxygen atoms in total. The lowest BCUT2D eigenvalue weighted by Crippen LogP contribution is -2.49. The van der Waals surface area contributed by atoms with Gasteiger partial charge in [-0.25, -0.2) is 10.8 Å². The van der Waals surface area contributed by atoms with E-state index in [4.69, 9.17) is 5.84 Å². The largest absolute Gasteiger partial charge is 0.342 e. The lowest BCUT2D eigenvalue weighted by molar-refractivity contribution is 0.234. The van der Waals surface area contributed by atoms with E-state index in [1.807, 2.05) is 0 Å². The molecule has 0 aliphatic heterocycles. The molecule has 13 heavy (non-hydrogen) atoms. The molecule has 2 aliphatic carbocycles. The first-order valence-corrected chi connectivity index (χ1v) is 5.08. The SMILES string of the molecule is CN(C(=NC1CC1)NN)C1CCC1. The number of hydrazine groups is 1. The molecule has 3 N–H and O–H groups in total. The summed E-state index contributed by atoms with van der Waals surface area (Å²) in [5.41, 5.74) is 2.70. The third kappa shape index (κ3) is 1.94. The Hall–Kier alpha value is -0.770. The Balaban J connectivity index is 1.93. The Morgan fingerprint density at radius 1 is 1.38 bits per heavy atom. The summed E-state index contributed by atoms with van der Waals surface area (Å²) in [5, 5.41) is 0. The Morgan fingerprint density at radius 2 is 2.08 bits per heavy atom. The molecule has 0 aromatic carbocycles. The van der Waals surface area contributed by atoms with Crippen LogP contribution < -0.4 is 11.3 Å². The Kier molecular flexibility index (Phi) is 2.40. The molecule has 2 fully saturated rings. The summed E-state index contributed by atoms with van der Waals surface area (Å²) in [6.45, 7) is 0. The molecule has 2 aliphatic rings. The smallest absolute Gasteiger partial charge is 0.208 e. The van der Waals surface area contributed by atoms with Crippen LogP contribution in [0.25, 0.3) is 0 Å². The first-order chi connectivity index (χ1) is 6.31. The van der Waals surface area contributed by atoms with E-state index >= 15 is 0 Å². The van der Waals surface area contributed by atoms with Crippen LogP contribution in [-0.2, 0) is 0 Å². The van der Waals surface area contributed by atoms with Gasteiger partial charge >= 0.3 is 0 Å². The minimum absolute atomic E-state index is 0.536.